The van der Waals surface area contributed by atoms with Crippen LogP contribution in [0.1, 0.15) is 66.4 Å². The minimum atomic E-state index is -0.892. The zero-order valence-electron chi connectivity index (χ0n) is 21.3. The number of hydrogen-bond acceptors (Lipinski definition) is 4. The third kappa shape index (κ3) is 6.16. The maximum absolute atomic E-state index is 13.4. The summed E-state index contributed by atoms with van der Waals surface area (Å²) >= 11 is 0. The second-order valence-corrected chi connectivity index (χ2v) is 10.5. The van der Waals surface area contributed by atoms with Crippen molar-refractivity contribution in [1.82, 2.24) is 10.2 Å². The van der Waals surface area contributed by atoms with E-state index in [1.165, 1.54) is 24.8 Å². The van der Waals surface area contributed by atoms with Crippen LogP contribution in [0.2, 0.25) is 0 Å². The van der Waals surface area contributed by atoms with Gasteiger partial charge in [0.1, 0.15) is 12.1 Å². The van der Waals surface area contributed by atoms with E-state index >= 15 is 0 Å². The van der Waals surface area contributed by atoms with Crippen LogP contribution >= 0.6 is 0 Å². The molecule has 2 aromatic carbocycles. The number of carbonyl (C=O) groups is 2. The Morgan fingerprint density at radius 3 is 2.65 bits per heavy atom. The van der Waals surface area contributed by atoms with E-state index in [-0.39, 0.29) is 23.8 Å². The van der Waals surface area contributed by atoms with Gasteiger partial charge in [0.05, 0.1) is 5.69 Å². The summed E-state index contributed by atoms with van der Waals surface area (Å²) in [5.74, 6) is -0.805. The first-order chi connectivity index (χ1) is 18.0. The van der Waals surface area contributed by atoms with Gasteiger partial charge in [-0.15, -0.1) is 0 Å². The van der Waals surface area contributed by atoms with Crippen molar-refractivity contribution < 1.29 is 14.0 Å². The van der Waals surface area contributed by atoms with Crippen LogP contribution in [-0.4, -0.2) is 48.2 Å². The number of carbonyl (C=O) groups excluding carboxylic acids is 2. The molecule has 194 valence electrons. The van der Waals surface area contributed by atoms with E-state index < -0.39 is 12.1 Å². The average molecular weight is 503 g/mol. The Morgan fingerprint density at radius 1 is 1.14 bits per heavy atom. The molecule has 0 radical (unpaired) electrons. The number of hydrogen-bond donors (Lipinski definition) is 2. The lowest BCUT2D eigenvalue weighted by molar-refractivity contribution is -0.115. The predicted molar refractivity (Wildman–Crippen MR) is 145 cm³/mol. The number of allylic oxidation sites excluding steroid dienone is 1. The number of amides is 2. The van der Waals surface area contributed by atoms with Crippen molar-refractivity contribution in [2.24, 2.45) is 10.9 Å². The van der Waals surface area contributed by atoms with Crippen molar-refractivity contribution in [3.63, 3.8) is 0 Å². The van der Waals surface area contributed by atoms with Gasteiger partial charge in [-0.3, -0.25) is 19.5 Å². The summed E-state index contributed by atoms with van der Waals surface area (Å²) in [7, 11) is 0. The summed E-state index contributed by atoms with van der Waals surface area (Å²) in [4.78, 5) is 32.7. The number of rotatable bonds is 7. The van der Waals surface area contributed by atoms with Crippen molar-refractivity contribution >= 4 is 29.4 Å². The highest BCUT2D eigenvalue weighted by molar-refractivity contribution is 6.13. The lowest BCUT2D eigenvalue weighted by Crippen LogP contribution is -2.38. The molecule has 2 aromatic rings. The maximum Gasteiger partial charge on any atom is 0.251 e. The molecule has 1 fully saturated rings. The van der Waals surface area contributed by atoms with Gasteiger partial charge < -0.3 is 10.6 Å². The Morgan fingerprint density at radius 2 is 1.92 bits per heavy atom. The number of likely N-dealkylation sites (tertiary alicyclic amines) is 1. The highest BCUT2D eigenvalue weighted by Crippen LogP contribution is 2.33. The number of nitrogens with zero attached hydrogens (tertiary/aromatic N) is 2. The normalized spacial score (nSPS) is 24.6. The van der Waals surface area contributed by atoms with Gasteiger partial charge in [0.2, 0.25) is 5.91 Å². The molecule has 7 heteroatoms. The number of alkyl halides is 1. The van der Waals surface area contributed by atoms with Gasteiger partial charge in [0.25, 0.3) is 5.91 Å². The number of halogens is 1. The summed E-state index contributed by atoms with van der Waals surface area (Å²) in [5, 5.41) is 5.92. The van der Waals surface area contributed by atoms with Crippen molar-refractivity contribution in [1.29, 1.82) is 0 Å². The van der Waals surface area contributed by atoms with Crippen molar-refractivity contribution in [2.75, 3.05) is 18.4 Å². The van der Waals surface area contributed by atoms with Crippen LogP contribution in [0.15, 0.2) is 59.6 Å². The van der Waals surface area contributed by atoms with Gasteiger partial charge in [0.15, 0.2) is 0 Å². The SMILES string of the molecule is CC(NC(=O)c1ccc2c(c1)C(C=Nc1ccc(CN3CCCCC3)cc1)C(=O)N2)C1C=CC(F)CC1. The summed E-state index contributed by atoms with van der Waals surface area (Å²) in [6, 6.07) is 13.3. The molecule has 37 heavy (non-hydrogen) atoms. The van der Waals surface area contributed by atoms with E-state index in [0.717, 1.165) is 30.9 Å². The van der Waals surface area contributed by atoms with E-state index in [1.807, 2.05) is 25.1 Å². The molecule has 6 nitrogen and oxygen atoms in total. The molecule has 2 N–H and O–H groups in total. The van der Waals surface area contributed by atoms with Gasteiger partial charge in [-0.05, 0) is 93.1 Å². The topological polar surface area (TPSA) is 73.8 Å². The van der Waals surface area contributed by atoms with E-state index in [9.17, 15) is 14.0 Å². The quantitative estimate of drug-likeness (QED) is 0.386. The standard InChI is InChI=1S/C30H35FN4O2/c1-20(22-7-10-24(31)11-8-22)33-29(36)23-9-14-28-26(17-23)27(30(37)34-28)18-32-25-12-5-21(6-13-25)19-35-15-3-2-4-16-35/h5-7,9-10,12-14,17-18,20,22,24,27H,2-4,8,11,15-16,19H2,1H3,(H,33,36)(H,34,37). The van der Waals surface area contributed by atoms with E-state index in [0.29, 0.717) is 24.1 Å². The summed E-state index contributed by atoms with van der Waals surface area (Å²) in [6.07, 6.45) is 9.27. The predicted octanol–water partition coefficient (Wildman–Crippen LogP) is 5.53. The number of nitrogens with one attached hydrogen (secondary N) is 2. The average Bonchev–Trinajstić information content (AvgIpc) is 3.23. The minimum Gasteiger partial charge on any atom is -0.349 e. The van der Waals surface area contributed by atoms with Gasteiger partial charge in [0, 0.05) is 30.1 Å². The van der Waals surface area contributed by atoms with Gasteiger partial charge in [-0.25, -0.2) is 4.39 Å². The first-order valence-corrected chi connectivity index (χ1v) is 13.4. The second kappa shape index (κ2) is 11.4. The number of benzene rings is 2. The highest BCUT2D eigenvalue weighted by Gasteiger charge is 2.30. The molecule has 0 spiro atoms. The summed E-state index contributed by atoms with van der Waals surface area (Å²) < 4.78 is 13.4. The molecule has 0 aromatic heterocycles. The van der Waals surface area contributed by atoms with E-state index in [2.05, 4.69) is 32.7 Å². The van der Waals surface area contributed by atoms with Gasteiger partial charge in [-0.2, -0.15) is 0 Å². The third-order valence-electron chi connectivity index (χ3n) is 7.70. The Kier molecular flexibility index (Phi) is 7.79. The van der Waals surface area contributed by atoms with Crippen LogP contribution in [0.5, 0.6) is 0 Å². The van der Waals surface area contributed by atoms with Crippen LogP contribution in [0, 0.1) is 5.92 Å². The summed E-state index contributed by atoms with van der Waals surface area (Å²) in [5.41, 5.74) is 4.00. The van der Waals surface area contributed by atoms with Crippen LogP contribution in [-0.2, 0) is 11.3 Å². The fourth-order valence-electron chi connectivity index (χ4n) is 5.42. The van der Waals surface area contributed by atoms with E-state index in [4.69, 9.17) is 0 Å². The molecular weight excluding hydrogens is 467 g/mol. The number of anilines is 1. The van der Waals surface area contributed by atoms with Crippen molar-refractivity contribution in [3.05, 3.63) is 71.3 Å². The second-order valence-electron chi connectivity index (χ2n) is 10.5. The molecule has 3 aliphatic rings. The number of aliphatic imine (C=N–C) groups is 1. The number of piperidine rings is 1. The fraction of sp³-hybridized carbons (Fsp3) is 0.433. The van der Waals surface area contributed by atoms with E-state index in [1.54, 1.807) is 30.5 Å². The molecule has 4 atom stereocenters. The minimum absolute atomic E-state index is 0.111. The Balaban J connectivity index is 1.24. The van der Waals surface area contributed by atoms with Gasteiger partial charge >= 0.3 is 0 Å². The molecule has 1 saturated heterocycles. The summed E-state index contributed by atoms with van der Waals surface area (Å²) in [6.45, 7) is 5.22. The molecular formula is C30H35FN4O2. The van der Waals surface area contributed by atoms with Crippen LogP contribution < -0.4 is 10.6 Å². The van der Waals surface area contributed by atoms with Gasteiger partial charge in [-0.1, -0.05) is 30.7 Å². The molecule has 0 bridgehead atoms. The van der Waals surface area contributed by atoms with Crippen molar-refractivity contribution in [2.45, 2.75) is 63.7 Å². The van der Waals surface area contributed by atoms with Crippen LogP contribution in [0.25, 0.3) is 0 Å². The monoisotopic (exact) mass is 502 g/mol. The first kappa shape index (κ1) is 25.3. The molecule has 2 amide bonds. The Bertz CT molecular complexity index is 1190. The number of fused-ring (bicyclic) bond motifs is 1. The first-order valence-electron chi connectivity index (χ1n) is 13.4. The fourth-order valence-corrected chi connectivity index (χ4v) is 5.42. The molecule has 0 saturated carbocycles. The Hall–Kier alpha value is -3.32. The van der Waals surface area contributed by atoms with Crippen LogP contribution in [0.4, 0.5) is 15.8 Å². The van der Waals surface area contributed by atoms with Crippen molar-refractivity contribution in [3.8, 4) is 0 Å². The molecule has 2 heterocycles. The molecule has 1 aliphatic carbocycles. The maximum atomic E-state index is 13.4. The zero-order valence-corrected chi connectivity index (χ0v) is 21.3. The highest BCUT2D eigenvalue weighted by atomic mass is 19.1. The molecule has 5 rings (SSSR count). The third-order valence-corrected chi connectivity index (χ3v) is 7.70. The molecule has 2 aliphatic heterocycles. The lowest BCUT2D eigenvalue weighted by atomic mass is 9.89. The molecule has 4 unspecified atom stereocenters. The van der Waals surface area contributed by atoms with Crippen LogP contribution in [0.3, 0.4) is 0 Å². The zero-order chi connectivity index (χ0) is 25.8. The Labute approximate surface area is 218 Å². The smallest absolute Gasteiger partial charge is 0.251 e. The largest absolute Gasteiger partial charge is 0.349 e. The lowest BCUT2D eigenvalue weighted by Gasteiger charge is -2.26.